The summed E-state index contributed by atoms with van der Waals surface area (Å²) in [5, 5.41) is 8.35. The first-order chi connectivity index (χ1) is 4.41. The first-order valence-corrected chi connectivity index (χ1v) is 3.34. The Balaban J connectivity index is 3.13. The van der Waals surface area contributed by atoms with E-state index in [1.165, 1.54) is 0 Å². The summed E-state index contributed by atoms with van der Waals surface area (Å²) in [7, 11) is 0. The summed E-state index contributed by atoms with van der Waals surface area (Å²) in [4.78, 5) is 0. The molecule has 0 amide bonds. The Labute approximate surface area is 56.7 Å². The average molecular weight is 126 g/mol. The second kappa shape index (κ2) is 7.44. The van der Waals surface area contributed by atoms with Gasteiger partial charge < -0.3 is 5.11 Å². The molecule has 52 valence electrons. The van der Waals surface area contributed by atoms with Gasteiger partial charge in [0, 0.05) is 6.61 Å². The van der Waals surface area contributed by atoms with Crippen molar-refractivity contribution in [3.05, 3.63) is 24.3 Å². The molecular weight excluding hydrogens is 112 g/mol. The molecule has 0 aliphatic carbocycles. The van der Waals surface area contributed by atoms with Crippen LogP contribution in [0.5, 0.6) is 0 Å². The minimum atomic E-state index is 0.246. The van der Waals surface area contributed by atoms with Crippen molar-refractivity contribution in [3.63, 3.8) is 0 Å². The van der Waals surface area contributed by atoms with Crippen LogP contribution in [0.1, 0.15) is 19.8 Å². The van der Waals surface area contributed by atoms with Gasteiger partial charge in [-0.05, 0) is 12.8 Å². The highest BCUT2D eigenvalue weighted by Crippen LogP contribution is 1.84. The fraction of sp³-hybridized carbons (Fsp3) is 0.500. The summed E-state index contributed by atoms with van der Waals surface area (Å²) in [6, 6.07) is 0. The molecule has 1 N–H and O–H groups in total. The lowest BCUT2D eigenvalue weighted by atomic mass is 10.3. The van der Waals surface area contributed by atoms with Crippen LogP contribution in [0.15, 0.2) is 24.3 Å². The van der Waals surface area contributed by atoms with E-state index in [1.54, 1.807) is 0 Å². The van der Waals surface area contributed by atoms with E-state index in [-0.39, 0.29) is 6.61 Å². The molecule has 0 aliphatic heterocycles. The summed E-state index contributed by atoms with van der Waals surface area (Å²) < 4.78 is 0. The Hall–Kier alpha value is -0.560. The Morgan fingerprint density at radius 1 is 1.22 bits per heavy atom. The molecule has 1 nitrogen and oxygen atoms in total. The molecule has 0 spiro atoms. The molecule has 0 aromatic rings. The molecule has 0 radical (unpaired) electrons. The van der Waals surface area contributed by atoms with Crippen LogP contribution in [0.2, 0.25) is 0 Å². The van der Waals surface area contributed by atoms with Crippen molar-refractivity contribution in [2.45, 2.75) is 19.8 Å². The summed E-state index contributed by atoms with van der Waals surface area (Å²) in [6.45, 7) is 2.34. The predicted octanol–water partition coefficient (Wildman–Crippen LogP) is 1.89. The highest BCUT2D eigenvalue weighted by molar-refractivity contribution is 5.01. The number of rotatable bonds is 4. The van der Waals surface area contributed by atoms with E-state index in [0.29, 0.717) is 0 Å². The first kappa shape index (κ1) is 8.44. The zero-order chi connectivity index (χ0) is 6.95. The fourth-order valence-corrected chi connectivity index (χ4v) is 0.464. The van der Waals surface area contributed by atoms with E-state index in [0.717, 1.165) is 12.8 Å². The zero-order valence-electron chi connectivity index (χ0n) is 5.88. The number of hydrogen-bond donors (Lipinski definition) is 1. The molecule has 0 unspecified atom stereocenters. The van der Waals surface area contributed by atoms with Crippen molar-refractivity contribution in [2.75, 3.05) is 6.61 Å². The summed E-state index contributed by atoms with van der Waals surface area (Å²) in [5.74, 6) is 0. The quantitative estimate of drug-likeness (QED) is 0.570. The van der Waals surface area contributed by atoms with Gasteiger partial charge in [-0.3, -0.25) is 0 Å². The van der Waals surface area contributed by atoms with Crippen LogP contribution in [0, 0.1) is 0 Å². The number of aliphatic hydroxyl groups excluding tert-OH is 1. The summed E-state index contributed by atoms with van der Waals surface area (Å²) in [6.07, 6.45) is 9.81. The van der Waals surface area contributed by atoms with E-state index in [1.807, 2.05) is 18.2 Å². The Bertz CT molecular complexity index is 92.7. The average Bonchev–Trinajstić information content (AvgIpc) is 1.89. The highest BCUT2D eigenvalue weighted by atomic mass is 16.2. The number of aliphatic hydroxyl groups is 1. The second-order valence-electron chi connectivity index (χ2n) is 1.78. The van der Waals surface area contributed by atoms with Gasteiger partial charge in [-0.25, -0.2) is 0 Å². The van der Waals surface area contributed by atoms with Gasteiger partial charge in [-0.15, -0.1) is 0 Å². The van der Waals surface area contributed by atoms with Crippen molar-refractivity contribution in [2.24, 2.45) is 0 Å². The molecule has 0 aromatic heterocycles. The maximum Gasteiger partial charge on any atom is 0.0465 e. The highest BCUT2D eigenvalue weighted by Gasteiger charge is 1.69. The Morgan fingerprint density at radius 2 is 1.89 bits per heavy atom. The minimum Gasteiger partial charge on any atom is -0.396 e. The summed E-state index contributed by atoms with van der Waals surface area (Å²) in [5.41, 5.74) is 0. The Morgan fingerprint density at radius 3 is 2.44 bits per heavy atom. The molecule has 0 bridgehead atoms. The van der Waals surface area contributed by atoms with E-state index in [2.05, 4.69) is 13.0 Å². The van der Waals surface area contributed by atoms with E-state index in [4.69, 9.17) is 5.11 Å². The van der Waals surface area contributed by atoms with Gasteiger partial charge in [0.05, 0.1) is 0 Å². The molecule has 1 heteroatoms. The maximum atomic E-state index is 8.35. The minimum absolute atomic E-state index is 0.246. The van der Waals surface area contributed by atoms with Crippen LogP contribution in [0.4, 0.5) is 0 Å². The third kappa shape index (κ3) is 7.44. The maximum absolute atomic E-state index is 8.35. The van der Waals surface area contributed by atoms with Crippen LogP contribution in [-0.4, -0.2) is 11.7 Å². The summed E-state index contributed by atoms with van der Waals surface area (Å²) >= 11 is 0. The molecule has 0 saturated heterocycles. The molecule has 0 rings (SSSR count). The smallest absolute Gasteiger partial charge is 0.0465 e. The van der Waals surface area contributed by atoms with Gasteiger partial charge in [0.15, 0.2) is 0 Å². The van der Waals surface area contributed by atoms with Crippen molar-refractivity contribution >= 4 is 0 Å². The van der Waals surface area contributed by atoms with Crippen LogP contribution in [0.25, 0.3) is 0 Å². The largest absolute Gasteiger partial charge is 0.396 e. The molecule has 0 fully saturated rings. The van der Waals surface area contributed by atoms with Gasteiger partial charge in [0.25, 0.3) is 0 Å². The van der Waals surface area contributed by atoms with Crippen LogP contribution in [0.3, 0.4) is 0 Å². The van der Waals surface area contributed by atoms with Crippen molar-refractivity contribution < 1.29 is 5.11 Å². The Kier molecular flexibility index (Phi) is 6.98. The standard InChI is InChI=1S/C8H14O/c1-2-3-4-5-6-7-8-9/h3-6,9H,2,7-8H2,1H3/b4-3+,6-5-. The van der Waals surface area contributed by atoms with Crippen LogP contribution in [-0.2, 0) is 0 Å². The fourth-order valence-electron chi connectivity index (χ4n) is 0.464. The molecule has 0 saturated carbocycles. The number of hydrogen-bond acceptors (Lipinski definition) is 1. The van der Waals surface area contributed by atoms with Gasteiger partial charge in [-0.1, -0.05) is 31.2 Å². The van der Waals surface area contributed by atoms with Crippen molar-refractivity contribution in [1.82, 2.24) is 0 Å². The van der Waals surface area contributed by atoms with E-state index in [9.17, 15) is 0 Å². The van der Waals surface area contributed by atoms with Gasteiger partial charge in [0.1, 0.15) is 0 Å². The van der Waals surface area contributed by atoms with Gasteiger partial charge in [-0.2, -0.15) is 0 Å². The van der Waals surface area contributed by atoms with E-state index >= 15 is 0 Å². The topological polar surface area (TPSA) is 20.2 Å². The van der Waals surface area contributed by atoms with Crippen LogP contribution >= 0.6 is 0 Å². The molecule has 0 aromatic carbocycles. The normalized spacial score (nSPS) is 11.8. The predicted molar refractivity (Wildman–Crippen MR) is 40.3 cm³/mol. The van der Waals surface area contributed by atoms with Crippen molar-refractivity contribution in [3.8, 4) is 0 Å². The van der Waals surface area contributed by atoms with Gasteiger partial charge in [0.2, 0.25) is 0 Å². The van der Waals surface area contributed by atoms with Gasteiger partial charge >= 0.3 is 0 Å². The monoisotopic (exact) mass is 126 g/mol. The zero-order valence-corrected chi connectivity index (χ0v) is 5.88. The lowest BCUT2D eigenvalue weighted by Crippen LogP contribution is -1.73. The third-order valence-corrected chi connectivity index (χ3v) is 0.915. The first-order valence-electron chi connectivity index (χ1n) is 3.34. The molecule has 9 heavy (non-hydrogen) atoms. The molecule has 0 atom stereocenters. The lowest BCUT2D eigenvalue weighted by molar-refractivity contribution is 0.302. The SMILES string of the molecule is CC/C=C/C=C\CCO. The molecule has 0 aliphatic rings. The van der Waals surface area contributed by atoms with Crippen LogP contribution < -0.4 is 0 Å². The van der Waals surface area contributed by atoms with E-state index < -0.39 is 0 Å². The van der Waals surface area contributed by atoms with Crippen molar-refractivity contribution in [1.29, 1.82) is 0 Å². The second-order valence-corrected chi connectivity index (χ2v) is 1.78. The molecular formula is C8H14O. The molecule has 0 heterocycles. The number of allylic oxidation sites excluding steroid dienone is 3. The third-order valence-electron chi connectivity index (χ3n) is 0.915. The lowest BCUT2D eigenvalue weighted by Gasteiger charge is -1.79.